The van der Waals surface area contributed by atoms with E-state index in [4.69, 9.17) is 9.47 Å². The summed E-state index contributed by atoms with van der Waals surface area (Å²) in [5, 5.41) is 0. The summed E-state index contributed by atoms with van der Waals surface area (Å²) < 4.78 is 11.6. The molecule has 0 radical (unpaired) electrons. The van der Waals surface area contributed by atoms with E-state index in [1.807, 2.05) is 66.7 Å². The number of ether oxygens (including phenoxy) is 2. The van der Waals surface area contributed by atoms with Crippen molar-refractivity contribution in [3.63, 3.8) is 0 Å². The van der Waals surface area contributed by atoms with Crippen molar-refractivity contribution >= 4 is 5.91 Å². The molecule has 136 valence electrons. The van der Waals surface area contributed by atoms with Crippen molar-refractivity contribution in [2.75, 3.05) is 6.61 Å². The SMILES string of the molecule is O=C([C@@H]1COc2ccccc2O1)N(Cc1ccccc1)Cc1cccnc1. The molecule has 0 fully saturated rings. The van der Waals surface area contributed by atoms with Crippen LogP contribution in [0.2, 0.25) is 0 Å². The molecule has 1 aromatic heterocycles. The number of carbonyl (C=O) groups is 1. The molecule has 1 atom stereocenters. The van der Waals surface area contributed by atoms with Crippen LogP contribution < -0.4 is 9.47 Å². The van der Waals surface area contributed by atoms with Crippen LogP contribution in [-0.4, -0.2) is 28.5 Å². The molecule has 0 aliphatic carbocycles. The van der Waals surface area contributed by atoms with Crippen LogP contribution in [0.3, 0.4) is 0 Å². The molecule has 5 nitrogen and oxygen atoms in total. The molecular formula is C22H20N2O3. The smallest absolute Gasteiger partial charge is 0.267 e. The molecule has 1 aliphatic heterocycles. The number of para-hydroxylation sites is 2. The zero-order valence-corrected chi connectivity index (χ0v) is 14.8. The van der Waals surface area contributed by atoms with Gasteiger partial charge >= 0.3 is 0 Å². The number of hydrogen-bond donors (Lipinski definition) is 0. The molecule has 4 rings (SSSR count). The maximum atomic E-state index is 13.2. The number of nitrogens with zero attached hydrogens (tertiary/aromatic N) is 2. The lowest BCUT2D eigenvalue weighted by atomic mass is 10.1. The van der Waals surface area contributed by atoms with Gasteiger partial charge in [0.15, 0.2) is 11.5 Å². The molecule has 2 heterocycles. The molecule has 0 saturated heterocycles. The van der Waals surface area contributed by atoms with Crippen molar-refractivity contribution in [2.24, 2.45) is 0 Å². The Morgan fingerprint density at radius 1 is 0.926 bits per heavy atom. The number of fused-ring (bicyclic) bond motifs is 1. The first-order chi connectivity index (χ1) is 13.3. The normalized spacial score (nSPS) is 15.2. The van der Waals surface area contributed by atoms with Gasteiger partial charge in [-0.2, -0.15) is 0 Å². The largest absolute Gasteiger partial charge is 0.485 e. The lowest BCUT2D eigenvalue weighted by Crippen LogP contribution is -2.45. The fourth-order valence-electron chi connectivity index (χ4n) is 3.07. The van der Waals surface area contributed by atoms with E-state index in [2.05, 4.69) is 4.98 Å². The number of benzene rings is 2. The fraction of sp³-hybridized carbons (Fsp3) is 0.182. The average molecular weight is 360 g/mol. The maximum absolute atomic E-state index is 13.2. The number of pyridine rings is 1. The van der Waals surface area contributed by atoms with Crippen LogP contribution in [0.1, 0.15) is 11.1 Å². The highest BCUT2D eigenvalue weighted by Crippen LogP contribution is 2.31. The standard InChI is InChI=1S/C22H20N2O3/c25-22(21-16-26-19-10-4-5-11-20(19)27-21)24(14-17-7-2-1-3-8-17)15-18-9-6-12-23-13-18/h1-13,21H,14-16H2/t21-/m0/s1. The number of carbonyl (C=O) groups excluding carboxylic acids is 1. The highest BCUT2D eigenvalue weighted by atomic mass is 16.6. The van der Waals surface area contributed by atoms with Gasteiger partial charge in [0, 0.05) is 25.5 Å². The fourth-order valence-corrected chi connectivity index (χ4v) is 3.07. The molecule has 0 N–H and O–H groups in total. The topological polar surface area (TPSA) is 51.7 Å². The first kappa shape index (κ1) is 17.1. The van der Waals surface area contributed by atoms with Crippen LogP contribution in [0.25, 0.3) is 0 Å². The van der Waals surface area contributed by atoms with Gasteiger partial charge in [0.2, 0.25) is 6.10 Å². The summed E-state index contributed by atoms with van der Waals surface area (Å²) in [5.41, 5.74) is 2.03. The molecule has 2 aromatic carbocycles. The molecule has 27 heavy (non-hydrogen) atoms. The second-order valence-electron chi connectivity index (χ2n) is 6.41. The van der Waals surface area contributed by atoms with E-state index in [-0.39, 0.29) is 12.5 Å². The van der Waals surface area contributed by atoms with E-state index >= 15 is 0 Å². The second kappa shape index (κ2) is 7.91. The van der Waals surface area contributed by atoms with Gasteiger partial charge in [-0.1, -0.05) is 48.5 Å². The Labute approximate surface area is 158 Å². The summed E-state index contributed by atoms with van der Waals surface area (Å²) in [4.78, 5) is 19.2. The first-order valence-corrected chi connectivity index (χ1v) is 8.90. The Morgan fingerprint density at radius 2 is 1.63 bits per heavy atom. The van der Waals surface area contributed by atoms with Crippen molar-refractivity contribution in [3.8, 4) is 11.5 Å². The predicted octanol–water partition coefficient (Wildman–Crippen LogP) is 3.45. The molecule has 3 aromatic rings. The van der Waals surface area contributed by atoms with Gasteiger partial charge in [0.05, 0.1) is 0 Å². The Hall–Kier alpha value is -3.34. The maximum Gasteiger partial charge on any atom is 0.267 e. The quantitative estimate of drug-likeness (QED) is 0.699. The molecule has 1 aliphatic rings. The van der Waals surface area contributed by atoms with Gasteiger partial charge in [-0.3, -0.25) is 9.78 Å². The molecule has 0 unspecified atom stereocenters. The van der Waals surface area contributed by atoms with Crippen molar-refractivity contribution in [3.05, 3.63) is 90.3 Å². The van der Waals surface area contributed by atoms with E-state index in [9.17, 15) is 4.79 Å². The molecule has 0 spiro atoms. The zero-order chi connectivity index (χ0) is 18.5. The van der Waals surface area contributed by atoms with Crippen LogP contribution in [0.4, 0.5) is 0 Å². The Balaban J connectivity index is 1.55. The van der Waals surface area contributed by atoms with Crippen LogP contribution >= 0.6 is 0 Å². The average Bonchev–Trinajstić information content (AvgIpc) is 2.74. The second-order valence-corrected chi connectivity index (χ2v) is 6.41. The Kier molecular flexibility index (Phi) is 5.01. The van der Waals surface area contributed by atoms with Gasteiger partial charge in [-0.15, -0.1) is 0 Å². The highest BCUT2D eigenvalue weighted by molar-refractivity contribution is 5.82. The van der Waals surface area contributed by atoms with Gasteiger partial charge in [-0.25, -0.2) is 0 Å². The van der Waals surface area contributed by atoms with Crippen molar-refractivity contribution in [2.45, 2.75) is 19.2 Å². The predicted molar refractivity (Wildman–Crippen MR) is 101 cm³/mol. The third-order valence-corrected chi connectivity index (χ3v) is 4.41. The van der Waals surface area contributed by atoms with Crippen molar-refractivity contribution in [1.29, 1.82) is 0 Å². The molecule has 0 saturated carbocycles. The molecule has 0 bridgehead atoms. The number of amides is 1. The van der Waals surface area contributed by atoms with Crippen molar-refractivity contribution in [1.82, 2.24) is 9.88 Å². The van der Waals surface area contributed by atoms with E-state index in [1.54, 1.807) is 17.3 Å². The lowest BCUT2D eigenvalue weighted by Gasteiger charge is -2.31. The third-order valence-electron chi connectivity index (χ3n) is 4.41. The third kappa shape index (κ3) is 4.08. The number of rotatable bonds is 5. The summed E-state index contributed by atoms with van der Waals surface area (Å²) in [6.07, 6.45) is 2.83. The minimum absolute atomic E-state index is 0.0998. The van der Waals surface area contributed by atoms with Crippen LogP contribution in [0.5, 0.6) is 11.5 Å². The van der Waals surface area contributed by atoms with Gasteiger partial charge in [0.1, 0.15) is 6.61 Å². The Morgan fingerprint density at radius 3 is 2.41 bits per heavy atom. The zero-order valence-electron chi connectivity index (χ0n) is 14.8. The summed E-state index contributed by atoms with van der Waals surface area (Å²) in [5.74, 6) is 1.17. The number of aromatic nitrogens is 1. The lowest BCUT2D eigenvalue weighted by molar-refractivity contribution is -0.142. The van der Waals surface area contributed by atoms with Gasteiger partial charge < -0.3 is 14.4 Å². The minimum Gasteiger partial charge on any atom is -0.485 e. The van der Waals surface area contributed by atoms with Gasteiger partial charge in [-0.05, 0) is 29.3 Å². The monoisotopic (exact) mass is 360 g/mol. The number of hydrogen-bond acceptors (Lipinski definition) is 4. The summed E-state index contributed by atoms with van der Waals surface area (Å²) in [7, 11) is 0. The van der Waals surface area contributed by atoms with Crippen LogP contribution in [0.15, 0.2) is 79.1 Å². The summed E-state index contributed by atoms with van der Waals surface area (Å²) >= 11 is 0. The first-order valence-electron chi connectivity index (χ1n) is 8.90. The van der Waals surface area contributed by atoms with E-state index in [0.29, 0.717) is 24.6 Å². The molecule has 5 heteroatoms. The summed E-state index contributed by atoms with van der Waals surface area (Å²) in [6, 6.07) is 21.2. The van der Waals surface area contributed by atoms with Crippen LogP contribution in [-0.2, 0) is 17.9 Å². The molecule has 1 amide bonds. The van der Waals surface area contributed by atoms with E-state index in [0.717, 1.165) is 11.1 Å². The van der Waals surface area contributed by atoms with E-state index in [1.165, 1.54) is 0 Å². The van der Waals surface area contributed by atoms with Crippen LogP contribution in [0, 0.1) is 0 Å². The van der Waals surface area contributed by atoms with Gasteiger partial charge in [0.25, 0.3) is 5.91 Å². The molecular weight excluding hydrogens is 340 g/mol. The highest BCUT2D eigenvalue weighted by Gasteiger charge is 2.31. The minimum atomic E-state index is -0.666. The summed E-state index contributed by atoms with van der Waals surface area (Å²) in [6.45, 7) is 1.16. The van der Waals surface area contributed by atoms with Crippen molar-refractivity contribution < 1.29 is 14.3 Å². The Bertz CT molecular complexity index is 858. The van der Waals surface area contributed by atoms with E-state index < -0.39 is 6.10 Å².